The quantitative estimate of drug-likeness (QED) is 0.637. The second-order valence-electron chi connectivity index (χ2n) is 8.46. The summed E-state index contributed by atoms with van der Waals surface area (Å²) in [5.74, 6) is 1.93. The fourth-order valence-electron chi connectivity index (χ4n) is 4.75. The average molecular weight is 473 g/mol. The van der Waals surface area contributed by atoms with Gasteiger partial charge in [-0.05, 0) is 45.0 Å². The molecular weight excluding hydrogens is 447 g/mol. The van der Waals surface area contributed by atoms with Gasteiger partial charge in [0, 0.05) is 31.2 Å². The summed E-state index contributed by atoms with van der Waals surface area (Å²) in [6.07, 6.45) is 4.99. The first-order chi connectivity index (χ1) is 14.4. The molecule has 8 nitrogen and oxygen atoms in total. The number of ether oxygens (including phenoxy) is 1. The standard InChI is InChI=1S/C19H26BN5O3.BSe/c1-13(14-4-3-8-24(14)2)28-16-10-15(22-17(23-16)18(26)27)25-9-7-20(12-21)19(11-25)5-6-19;1-2/h10,13-14H,3-9,11H2,1-2H3,(H,26,27);/t13-,14?;/m0./s1. The SMILES string of the molecule is C[C@H](Oc1cc(N2CCB(C#N)C3(CC3)C2)nc(C(=O)O)n1)C1CCCN1C.[B][Se]. The molecule has 11 heteroatoms. The number of anilines is 1. The number of carbonyl (C=O) groups is 1. The summed E-state index contributed by atoms with van der Waals surface area (Å²) >= 11 is 2.12. The number of hydrogen-bond donors (Lipinski definition) is 1. The molecule has 30 heavy (non-hydrogen) atoms. The number of carboxylic acid groups (broad SMARTS) is 1. The van der Waals surface area contributed by atoms with Crippen LogP contribution in [0.5, 0.6) is 5.88 Å². The predicted octanol–water partition coefficient (Wildman–Crippen LogP) is 1.19. The molecular formula is C19H26B2N5O3Se. The van der Waals surface area contributed by atoms with Gasteiger partial charge in [-0.25, -0.2) is 15.0 Å². The molecule has 0 bridgehead atoms. The van der Waals surface area contributed by atoms with E-state index in [2.05, 4.69) is 55.3 Å². The second-order valence-corrected chi connectivity index (χ2v) is 8.46. The summed E-state index contributed by atoms with van der Waals surface area (Å²) in [6, 6.07) is 2.05. The van der Waals surface area contributed by atoms with E-state index in [9.17, 15) is 15.2 Å². The van der Waals surface area contributed by atoms with E-state index in [1.165, 1.54) is 0 Å². The second kappa shape index (κ2) is 9.59. The summed E-state index contributed by atoms with van der Waals surface area (Å²) < 4.78 is 6.07. The number of rotatable bonds is 5. The molecule has 1 aromatic heterocycles. The van der Waals surface area contributed by atoms with Gasteiger partial charge in [0.2, 0.25) is 11.7 Å². The van der Waals surface area contributed by atoms with Crippen LogP contribution in [0.25, 0.3) is 0 Å². The van der Waals surface area contributed by atoms with Gasteiger partial charge in [-0.1, -0.05) is 12.8 Å². The van der Waals surface area contributed by atoms with E-state index in [1.54, 1.807) is 6.07 Å². The van der Waals surface area contributed by atoms with Gasteiger partial charge < -0.3 is 14.7 Å². The minimum absolute atomic E-state index is 0.0439. The third-order valence-electron chi connectivity index (χ3n) is 6.61. The van der Waals surface area contributed by atoms with Crippen molar-refractivity contribution in [2.24, 2.45) is 0 Å². The number of aromatic carboxylic acids is 1. The average Bonchev–Trinajstić information content (AvgIpc) is 3.37. The van der Waals surface area contributed by atoms with Crippen LogP contribution in [-0.2, 0) is 0 Å². The minimum atomic E-state index is -1.16. The third kappa shape index (κ3) is 4.77. The van der Waals surface area contributed by atoms with Crippen molar-refractivity contribution in [3.05, 3.63) is 11.9 Å². The van der Waals surface area contributed by atoms with Gasteiger partial charge in [-0.2, -0.15) is 4.98 Å². The number of nitriles is 1. The number of nitrogens with zero attached hydrogens (tertiary/aromatic N) is 5. The van der Waals surface area contributed by atoms with Crippen molar-refractivity contribution in [2.45, 2.75) is 56.4 Å². The van der Waals surface area contributed by atoms with Crippen LogP contribution in [0.2, 0.25) is 11.6 Å². The maximum absolute atomic E-state index is 11.6. The summed E-state index contributed by atoms with van der Waals surface area (Å²) in [5.41, 5.74) is 0. The molecule has 4 rings (SSSR count). The fourth-order valence-corrected chi connectivity index (χ4v) is 4.75. The van der Waals surface area contributed by atoms with Crippen LogP contribution in [0.3, 0.4) is 0 Å². The van der Waals surface area contributed by atoms with Crippen molar-refractivity contribution in [3.8, 4) is 11.8 Å². The first kappa shape index (κ1) is 22.9. The molecule has 1 aliphatic carbocycles. The number of hydrogen-bond acceptors (Lipinski definition) is 7. The Morgan fingerprint density at radius 1 is 1.47 bits per heavy atom. The van der Waals surface area contributed by atoms with E-state index in [-0.39, 0.29) is 24.0 Å². The summed E-state index contributed by atoms with van der Waals surface area (Å²) in [7, 11) is 2.08. The van der Waals surface area contributed by atoms with E-state index < -0.39 is 5.97 Å². The zero-order chi connectivity index (χ0) is 21.9. The molecule has 3 radical (unpaired) electrons. The fraction of sp³-hybridized carbons (Fsp3) is 0.684. The molecule has 3 fully saturated rings. The van der Waals surface area contributed by atoms with Crippen LogP contribution < -0.4 is 9.64 Å². The maximum atomic E-state index is 11.6. The Bertz CT molecular complexity index is 820. The van der Waals surface area contributed by atoms with Gasteiger partial charge in [0.1, 0.15) is 11.9 Å². The molecule has 157 valence electrons. The zero-order valence-electron chi connectivity index (χ0n) is 17.5. The van der Waals surface area contributed by atoms with Crippen LogP contribution in [0.15, 0.2) is 6.07 Å². The molecule has 3 heterocycles. The first-order valence-electron chi connectivity index (χ1n) is 10.3. The molecule has 1 N–H and O–H groups in total. The predicted molar refractivity (Wildman–Crippen MR) is 117 cm³/mol. The normalized spacial score (nSPS) is 23.3. The van der Waals surface area contributed by atoms with Crippen molar-refractivity contribution < 1.29 is 14.6 Å². The van der Waals surface area contributed by atoms with Gasteiger partial charge in [0.25, 0.3) is 6.71 Å². The first-order valence-corrected chi connectivity index (χ1v) is 11.3. The van der Waals surface area contributed by atoms with E-state index in [4.69, 9.17) is 4.74 Å². The Labute approximate surface area is 187 Å². The van der Waals surface area contributed by atoms with E-state index >= 15 is 0 Å². The van der Waals surface area contributed by atoms with Crippen LogP contribution >= 0.6 is 0 Å². The Balaban J connectivity index is 0.00000124. The topological polar surface area (TPSA) is 103 Å². The third-order valence-corrected chi connectivity index (χ3v) is 6.61. The van der Waals surface area contributed by atoms with Gasteiger partial charge in [0.05, 0.1) is 0 Å². The zero-order valence-corrected chi connectivity index (χ0v) is 19.2. The van der Waals surface area contributed by atoms with Crippen molar-refractivity contribution in [3.63, 3.8) is 0 Å². The summed E-state index contributed by atoms with van der Waals surface area (Å²) in [6.45, 7) is 8.94. The van der Waals surface area contributed by atoms with Crippen LogP contribution in [0.4, 0.5) is 5.82 Å². The Kier molecular flexibility index (Phi) is 7.33. The monoisotopic (exact) mass is 474 g/mol. The Morgan fingerprint density at radius 2 is 2.20 bits per heavy atom. The van der Waals surface area contributed by atoms with Crippen LogP contribution in [0, 0.1) is 11.2 Å². The van der Waals surface area contributed by atoms with Crippen LogP contribution in [-0.4, -0.2) is 94.0 Å². The van der Waals surface area contributed by atoms with E-state index in [0.29, 0.717) is 24.3 Å². The number of carboxylic acids is 1. The Hall–Kier alpha value is -1.75. The molecule has 2 saturated heterocycles. The molecule has 1 spiro atoms. The van der Waals surface area contributed by atoms with Gasteiger partial charge >= 0.3 is 28.5 Å². The van der Waals surface area contributed by atoms with Gasteiger partial charge in [-0.15, -0.1) is 0 Å². The van der Waals surface area contributed by atoms with E-state index in [0.717, 1.165) is 45.1 Å². The molecule has 1 unspecified atom stereocenters. The summed E-state index contributed by atoms with van der Waals surface area (Å²) in [5, 5.41) is 18.9. The molecule has 0 amide bonds. The van der Waals surface area contributed by atoms with Gasteiger partial charge in [0.15, 0.2) is 0 Å². The Morgan fingerprint density at radius 3 is 2.77 bits per heavy atom. The van der Waals surface area contributed by atoms with Crippen molar-refractivity contribution in [2.75, 3.05) is 31.6 Å². The molecule has 1 saturated carbocycles. The molecule has 0 aromatic carbocycles. The number of aromatic nitrogens is 2. The number of likely N-dealkylation sites (N-methyl/N-ethyl adjacent to an activating group) is 1. The molecule has 2 aliphatic heterocycles. The molecule has 3 aliphatic rings. The van der Waals surface area contributed by atoms with Crippen molar-refractivity contribution >= 4 is 41.0 Å². The summed E-state index contributed by atoms with van der Waals surface area (Å²) in [4.78, 5) is 24.3. The van der Waals surface area contributed by atoms with Gasteiger partial charge in [-0.3, -0.25) is 4.90 Å². The molecule has 2 atom stereocenters. The van der Waals surface area contributed by atoms with E-state index in [1.807, 2.05) is 6.92 Å². The van der Waals surface area contributed by atoms with Crippen LogP contribution in [0.1, 0.15) is 43.2 Å². The number of likely N-dealkylation sites (tertiary alicyclic amines) is 1. The molecule has 1 aromatic rings. The van der Waals surface area contributed by atoms with Crippen molar-refractivity contribution in [1.29, 1.82) is 5.26 Å². The van der Waals surface area contributed by atoms with Crippen molar-refractivity contribution in [1.82, 2.24) is 14.9 Å².